The standard InChI is InChI=1S/C21H21FN4O/c1-3-26(17-9-6-7-15(2)11-17)21(27)19-13-25-20(14-23-19)24-12-16-8-4-5-10-18(16)22/h4-11,13-14H,3,12H2,1-2H3,(H,24,25). The van der Waals surface area contributed by atoms with E-state index in [9.17, 15) is 9.18 Å². The van der Waals surface area contributed by atoms with Gasteiger partial charge < -0.3 is 10.2 Å². The molecule has 0 aliphatic rings. The predicted octanol–water partition coefficient (Wildman–Crippen LogP) is 4.20. The van der Waals surface area contributed by atoms with Crippen molar-refractivity contribution in [3.63, 3.8) is 0 Å². The summed E-state index contributed by atoms with van der Waals surface area (Å²) in [4.78, 5) is 22.9. The minimum Gasteiger partial charge on any atom is -0.365 e. The number of carbonyl (C=O) groups is 1. The van der Waals surface area contributed by atoms with Crippen LogP contribution in [0.4, 0.5) is 15.9 Å². The van der Waals surface area contributed by atoms with Crippen LogP contribution >= 0.6 is 0 Å². The number of carbonyl (C=O) groups excluding carboxylic acids is 1. The summed E-state index contributed by atoms with van der Waals surface area (Å²) in [6, 6.07) is 14.3. The summed E-state index contributed by atoms with van der Waals surface area (Å²) in [6.07, 6.45) is 2.92. The van der Waals surface area contributed by atoms with Crippen LogP contribution in [0.25, 0.3) is 0 Å². The molecule has 1 amide bonds. The normalized spacial score (nSPS) is 10.5. The molecule has 1 aromatic heterocycles. The monoisotopic (exact) mass is 364 g/mol. The predicted molar refractivity (Wildman–Crippen MR) is 104 cm³/mol. The molecule has 0 unspecified atom stereocenters. The Bertz CT molecular complexity index is 927. The zero-order chi connectivity index (χ0) is 19.2. The lowest BCUT2D eigenvalue weighted by Crippen LogP contribution is -2.31. The van der Waals surface area contributed by atoms with E-state index in [-0.39, 0.29) is 17.4 Å². The maximum absolute atomic E-state index is 13.7. The van der Waals surface area contributed by atoms with Crippen molar-refractivity contribution in [1.29, 1.82) is 0 Å². The first-order valence-corrected chi connectivity index (χ1v) is 8.76. The minimum absolute atomic E-state index is 0.212. The number of hydrogen-bond donors (Lipinski definition) is 1. The van der Waals surface area contributed by atoms with E-state index < -0.39 is 0 Å². The van der Waals surface area contributed by atoms with Crippen LogP contribution in [0, 0.1) is 12.7 Å². The molecule has 0 spiro atoms. The minimum atomic E-state index is -0.276. The van der Waals surface area contributed by atoms with E-state index in [2.05, 4.69) is 15.3 Å². The van der Waals surface area contributed by atoms with Crippen LogP contribution in [-0.2, 0) is 6.54 Å². The fourth-order valence-electron chi connectivity index (χ4n) is 2.73. The lowest BCUT2D eigenvalue weighted by molar-refractivity contribution is 0.0983. The Kier molecular flexibility index (Phi) is 5.76. The zero-order valence-corrected chi connectivity index (χ0v) is 15.3. The Morgan fingerprint density at radius 2 is 1.93 bits per heavy atom. The van der Waals surface area contributed by atoms with Crippen LogP contribution in [0.15, 0.2) is 60.9 Å². The number of amides is 1. The first-order valence-electron chi connectivity index (χ1n) is 8.76. The van der Waals surface area contributed by atoms with Crippen LogP contribution in [-0.4, -0.2) is 22.4 Å². The third kappa shape index (κ3) is 4.47. The number of halogens is 1. The smallest absolute Gasteiger partial charge is 0.278 e. The quantitative estimate of drug-likeness (QED) is 0.712. The highest BCUT2D eigenvalue weighted by Crippen LogP contribution is 2.18. The Hall–Kier alpha value is -3.28. The van der Waals surface area contributed by atoms with Gasteiger partial charge in [0.2, 0.25) is 0 Å². The molecule has 0 bridgehead atoms. The molecule has 3 rings (SSSR count). The van der Waals surface area contributed by atoms with Gasteiger partial charge in [0.15, 0.2) is 0 Å². The molecular weight excluding hydrogens is 343 g/mol. The van der Waals surface area contributed by atoms with Gasteiger partial charge in [0, 0.05) is 24.3 Å². The van der Waals surface area contributed by atoms with Crippen LogP contribution < -0.4 is 10.2 Å². The third-order valence-corrected chi connectivity index (χ3v) is 4.16. The molecule has 6 heteroatoms. The molecule has 138 valence electrons. The van der Waals surface area contributed by atoms with Crippen LogP contribution in [0.3, 0.4) is 0 Å². The molecule has 0 radical (unpaired) electrons. The van der Waals surface area contributed by atoms with Gasteiger partial charge in [-0.05, 0) is 37.6 Å². The van der Waals surface area contributed by atoms with E-state index in [1.54, 1.807) is 23.1 Å². The van der Waals surface area contributed by atoms with Crippen LogP contribution in [0.1, 0.15) is 28.5 Å². The first-order chi connectivity index (χ1) is 13.1. The van der Waals surface area contributed by atoms with Crippen molar-refractivity contribution in [2.24, 2.45) is 0 Å². The average Bonchev–Trinajstić information content (AvgIpc) is 2.68. The summed E-state index contributed by atoms with van der Waals surface area (Å²) in [5, 5.41) is 3.01. The molecule has 0 aliphatic carbocycles. The lowest BCUT2D eigenvalue weighted by Gasteiger charge is -2.21. The van der Waals surface area contributed by atoms with Crippen LogP contribution in [0.5, 0.6) is 0 Å². The van der Waals surface area contributed by atoms with Gasteiger partial charge in [0.25, 0.3) is 5.91 Å². The van der Waals surface area contributed by atoms with Crippen molar-refractivity contribution < 1.29 is 9.18 Å². The highest BCUT2D eigenvalue weighted by atomic mass is 19.1. The fourth-order valence-corrected chi connectivity index (χ4v) is 2.73. The van der Waals surface area contributed by atoms with Gasteiger partial charge in [0.1, 0.15) is 17.3 Å². The van der Waals surface area contributed by atoms with Gasteiger partial charge in [-0.25, -0.2) is 14.4 Å². The average molecular weight is 364 g/mol. The third-order valence-electron chi connectivity index (χ3n) is 4.16. The lowest BCUT2D eigenvalue weighted by atomic mass is 10.2. The first kappa shape index (κ1) is 18.5. The summed E-state index contributed by atoms with van der Waals surface area (Å²) in [7, 11) is 0. The highest BCUT2D eigenvalue weighted by molar-refractivity contribution is 6.04. The molecule has 5 nitrogen and oxygen atoms in total. The molecule has 0 atom stereocenters. The SMILES string of the molecule is CCN(C(=O)c1cnc(NCc2ccccc2F)cn1)c1cccc(C)c1. The Morgan fingerprint density at radius 1 is 1.11 bits per heavy atom. The second-order valence-electron chi connectivity index (χ2n) is 6.12. The number of hydrogen-bond acceptors (Lipinski definition) is 4. The van der Waals surface area contributed by atoms with Crippen molar-refractivity contribution in [2.75, 3.05) is 16.8 Å². The van der Waals surface area contributed by atoms with Gasteiger partial charge >= 0.3 is 0 Å². The molecule has 1 heterocycles. The Balaban J connectivity index is 1.70. The molecule has 0 fully saturated rings. The molecule has 1 N–H and O–H groups in total. The molecule has 27 heavy (non-hydrogen) atoms. The molecular formula is C21H21FN4O. The molecule has 0 aliphatic heterocycles. The maximum atomic E-state index is 13.7. The summed E-state index contributed by atoms with van der Waals surface area (Å²) in [5.74, 6) is -0.00819. The summed E-state index contributed by atoms with van der Waals surface area (Å²) >= 11 is 0. The Morgan fingerprint density at radius 3 is 2.59 bits per heavy atom. The van der Waals surface area contributed by atoms with Crippen molar-refractivity contribution in [3.05, 3.63) is 83.6 Å². The fraction of sp³-hybridized carbons (Fsp3) is 0.190. The van der Waals surface area contributed by atoms with Crippen molar-refractivity contribution in [1.82, 2.24) is 9.97 Å². The van der Waals surface area contributed by atoms with Crippen molar-refractivity contribution in [3.8, 4) is 0 Å². The van der Waals surface area contributed by atoms with E-state index >= 15 is 0 Å². The van der Waals surface area contributed by atoms with Gasteiger partial charge in [-0.1, -0.05) is 30.3 Å². The highest BCUT2D eigenvalue weighted by Gasteiger charge is 2.18. The number of nitrogens with one attached hydrogen (secondary N) is 1. The summed E-state index contributed by atoms with van der Waals surface area (Å²) in [5.41, 5.74) is 2.70. The van der Waals surface area contributed by atoms with E-state index in [1.165, 1.54) is 18.5 Å². The number of aromatic nitrogens is 2. The molecule has 0 saturated carbocycles. The molecule has 2 aromatic carbocycles. The van der Waals surface area contributed by atoms with E-state index in [0.29, 0.717) is 24.5 Å². The van der Waals surface area contributed by atoms with Crippen LogP contribution in [0.2, 0.25) is 0 Å². The van der Waals surface area contributed by atoms with Crippen molar-refractivity contribution in [2.45, 2.75) is 20.4 Å². The summed E-state index contributed by atoms with van der Waals surface area (Å²) < 4.78 is 13.7. The number of aryl methyl sites for hydroxylation is 1. The zero-order valence-electron chi connectivity index (χ0n) is 15.3. The number of rotatable bonds is 6. The topological polar surface area (TPSA) is 58.1 Å². The molecule has 3 aromatic rings. The van der Waals surface area contributed by atoms with E-state index in [4.69, 9.17) is 0 Å². The van der Waals surface area contributed by atoms with Gasteiger partial charge in [-0.3, -0.25) is 4.79 Å². The van der Waals surface area contributed by atoms with Gasteiger partial charge in [0.05, 0.1) is 12.4 Å². The van der Waals surface area contributed by atoms with Gasteiger partial charge in [-0.15, -0.1) is 0 Å². The number of benzene rings is 2. The van der Waals surface area contributed by atoms with E-state index in [0.717, 1.165) is 11.3 Å². The number of anilines is 2. The summed E-state index contributed by atoms with van der Waals surface area (Å²) in [6.45, 7) is 4.71. The number of nitrogens with zero attached hydrogens (tertiary/aromatic N) is 3. The van der Waals surface area contributed by atoms with E-state index in [1.807, 2.05) is 38.1 Å². The second kappa shape index (κ2) is 8.40. The Labute approximate surface area is 157 Å². The maximum Gasteiger partial charge on any atom is 0.278 e. The molecule has 0 saturated heterocycles. The van der Waals surface area contributed by atoms with Gasteiger partial charge in [-0.2, -0.15) is 0 Å². The second-order valence-corrected chi connectivity index (χ2v) is 6.12. The van der Waals surface area contributed by atoms with Crippen molar-refractivity contribution >= 4 is 17.4 Å². The largest absolute Gasteiger partial charge is 0.365 e.